The van der Waals surface area contributed by atoms with E-state index < -0.39 is 49.5 Å². The third-order valence-electron chi connectivity index (χ3n) is 7.13. The van der Waals surface area contributed by atoms with Gasteiger partial charge >= 0.3 is 5.69 Å². The first kappa shape index (κ1) is 36.2. The normalized spacial score (nSPS) is 15.4. The third-order valence-corrected chi connectivity index (χ3v) is 10.3. The Balaban J connectivity index is 1.49. The molecule has 1 aromatic heterocycles. The quantitative estimate of drug-likeness (QED) is 0.215. The highest BCUT2D eigenvalue weighted by atomic mass is 35.5. The van der Waals surface area contributed by atoms with Crippen LogP contribution in [0.4, 0.5) is 8.78 Å². The number of nitrogens with one attached hydrogen (secondary N) is 2. The zero-order valence-corrected chi connectivity index (χ0v) is 28.7. The second kappa shape index (κ2) is 14.4. The fourth-order valence-corrected chi connectivity index (χ4v) is 7.85. The Bertz CT molecular complexity index is 2200. The maximum Gasteiger partial charge on any atom is 0.349 e. The van der Waals surface area contributed by atoms with Crippen molar-refractivity contribution in [1.29, 1.82) is 0 Å². The zero-order chi connectivity index (χ0) is 35.7. The summed E-state index contributed by atoms with van der Waals surface area (Å²) in [5, 5.41) is 2.97. The van der Waals surface area contributed by atoms with Crippen LogP contribution in [0.25, 0.3) is 5.69 Å². The van der Waals surface area contributed by atoms with Gasteiger partial charge in [-0.1, -0.05) is 35.3 Å². The van der Waals surface area contributed by atoms with Crippen molar-refractivity contribution in [3.05, 3.63) is 96.7 Å². The van der Waals surface area contributed by atoms with Crippen LogP contribution in [-0.2, 0) is 26.7 Å². The van der Waals surface area contributed by atoms with Gasteiger partial charge in [-0.05, 0) is 48.4 Å². The van der Waals surface area contributed by atoms with Gasteiger partial charge < -0.3 is 14.2 Å². The van der Waals surface area contributed by atoms with E-state index >= 15 is 0 Å². The highest BCUT2D eigenvalue weighted by Gasteiger charge is 2.36. The maximum absolute atomic E-state index is 14.0. The molecule has 1 unspecified atom stereocenters. The third kappa shape index (κ3) is 8.39. The van der Waals surface area contributed by atoms with Crippen molar-refractivity contribution in [3.63, 3.8) is 0 Å². The number of sulfonamides is 2. The molecular formula is C29H27Cl2F2N5O9S2. The number of benzene rings is 3. The molecule has 1 fully saturated rings. The number of nitrogens with zero attached hydrogens (tertiary/aromatic N) is 3. The van der Waals surface area contributed by atoms with Crippen LogP contribution < -0.4 is 30.2 Å². The van der Waals surface area contributed by atoms with Gasteiger partial charge in [-0.25, -0.2) is 35.1 Å². The molecule has 14 nitrogen and oxygen atoms in total. The number of alkyl halides is 2. The molecule has 20 heteroatoms. The molecule has 49 heavy (non-hydrogen) atoms. The first-order chi connectivity index (χ1) is 23.0. The summed E-state index contributed by atoms with van der Waals surface area (Å²) >= 11 is 12.8. The van der Waals surface area contributed by atoms with E-state index in [0.717, 1.165) is 22.7 Å². The second-order valence-electron chi connectivity index (χ2n) is 10.7. The molecule has 4 aromatic rings. The van der Waals surface area contributed by atoms with E-state index in [1.807, 2.05) is 0 Å². The fourth-order valence-electron chi connectivity index (χ4n) is 4.85. The molecule has 0 radical (unpaired) electrons. The number of rotatable bonds is 12. The van der Waals surface area contributed by atoms with Crippen molar-refractivity contribution in [2.24, 2.45) is 0 Å². The minimum Gasteiger partial charge on any atom is -0.497 e. The lowest BCUT2D eigenvalue weighted by atomic mass is 10.2. The van der Waals surface area contributed by atoms with Crippen LogP contribution in [0.3, 0.4) is 0 Å². The Morgan fingerprint density at radius 1 is 1.02 bits per heavy atom. The Morgan fingerprint density at radius 3 is 2.29 bits per heavy atom. The molecule has 5 rings (SSSR count). The van der Waals surface area contributed by atoms with Crippen LogP contribution in [0.15, 0.2) is 69.1 Å². The fraction of sp³-hybridized carbons (Fsp3) is 0.276. The summed E-state index contributed by atoms with van der Waals surface area (Å²) in [5.74, 6) is 0.336. The summed E-state index contributed by atoms with van der Waals surface area (Å²) in [6.07, 6.45) is -2.07. The van der Waals surface area contributed by atoms with E-state index in [0.29, 0.717) is 16.0 Å². The molecule has 0 bridgehead atoms. The van der Waals surface area contributed by atoms with Gasteiger partial charge in [0.05, 0.1) is 29.1 Å². The van der Waals surface area contributed by atoms with Crippen LogP contribution in [0.1, 0.15) is 24.1 Å². The summed E-state index contributed by atoms with van der Waals surface area (Å²) < 4.78 is 98.9. The lowest BCUT2D eigenvalue weighted by Crippen LogP contribution is -2.37. The summed E-state index contributed by atoms with van der Waals surface area (Å²) in [5.41, 5.74) is -3.16. The molecule has 0 spiro atoms. The molecule has 1 aliphatic rings. The summed E-state index contributed by atoms with van der Waals surface area (Å²) in [6, 6.07) is 12.4. The van der Waals surface area contributed by atoms with E-state index in [4.69, 9.17) is 37.4 Å². The Kier molecular flexibility index (Phi) is 10.7. The average Bonchev–Trinajstić information content (AvgIpc) is 3.50. The van der Waals surface area contributed by atoms with Gasteiger partial charge in [-0.2, -0.15) is 14.1 Å². The van der Waals surface area contributed by atoms with Crippen molar-refractivity contribution in [2.75, 3.05) is 26.5 Å². The lowest BCUT2D eigenvalue weighted by Gasteiger charge is -2.20. The SMILES string of the molecule is COc1ccc(COc2ccc(Oc3c(Cl)cc(-n4nc(C(F)F)c(=O)[nH]c4=O)cc3Cl)cc2S(=O)(=O)N2CCC(NS(C)(=O)=O)C2)cc1. The van der Waals surface area contributed by atoms with E-state index in [2.05, 4.69) is 9.82 Å². The number of aromatic amines is 1. The topological polar surface area (TPSA) is 179 Å². The Hall–Kier alpha value is -4.07. The van der Waals surface area contributed by atoms with Gasteiger partial charge in [0.1, 0.15) is 28.8 Å². The molecule has 0 amide bonds. The summed E-state index contributed by atoms with van der Waals surface area (Å²) in [7, 11) is -6.38. The van der Waals surface area contributed by atoms with E-state index in [-0.39, 0.29) is 64.0 Å². The van der Waals surface area contributed by atoms with Gasteiger partial charge in [-0.3, -0.25) is 9.78 Å². The van der Waals surface area contributed by atoms with Crippen LogP contribution in [0.2, 0.25) is 10.0 Å². The summed E-state index contributed by atoms with van der Waals surface area (Å²) in [6.45, 7) is -0.137. The number of halogens is 4. The zero-order valence-electron chi connectivity index (χ0n) is 25.5. The Labute approximate surface area is 288 Å². The monoisotopic (exact) mass is 761 g/mol. The predicted molar refractivity (Wildman–Crippen MR) is 174 cm³/mol. The molecule has 2 heterocycles. The van der Waals surface area contributed by atoms with Crippen LogP contribution in [0.5, 0.6) is 23.0 Å². The minimum atomic E-state index is -4.30. The molecule has 1 saturated heterocycles. The standard InChI is InChI=1S/C29H27Cl2F2N5O9S2/c1-45-19-5-3-16(4-6-19)15-46-23-8-7-20(13-24(23)49(43,44)37-10-9-17(14-37)36-48(2,41)42)47-26-21(30)11-18(12-22(26)31)38-29(40)34-28(39)25(35-38)27(32)33/h3-8,11-13,17,27,36H,9-10,14-15H2,1-2H3,(H,34,39,40). The molecule has 262 valence electrons. The van der Waals surface area contributed by atoms with Crippen molar-refractivity contribution in [3.8, 4) is 28.7 Å². The van der Waals surface area contributed by atoms with E-state index in [1.54, 1.807) is 29.2 Å². The number of aromatic nitrogens is 3. The second-order valence-corrected chi connectivity index (χ2v) is 15.2. The van der Waals surface area contributed by atoms with Gasteiger partial charge in [0.2, 0.25) is 20.0 Å². The van der Waals surface area contributed by atoms with Crippen molar-refractivity contribution in [1.82, 2.24) is 23.8 Å². The number of hydrogen-bond donors (Lipinski definition) is 2. The smallest absolute Gasteiger partial charge is 0.349 e. The summed E-state index contributed by atoms with van der Waals surface area (Å²) in [4.78, 5) is 25.5. The number of hydrogen-bond acceptors (Lipinski definition) is 10. The van der Waals surface area contributed by atoms with Crippen LogP contribution in [-0.4, -0.2) is 68.4 Å². The molecule has 0 saturated carbocycles. The number of H-pyrrole nitrogens is 1. The highest BCUT2D eigenvalue weighted by molar-refractivity contribution is 7.89. The first-order valence-electron chi connectivity index (χ1n) is 14.1. The first-order valence-corrected chi connectivity index (χ1v) is 18.2. The van der Waals surface area contributed by atoms with Crippen LogP contribution in [0, 0.1) is 0 Å². The number of ether oxygens (including phenoxy) is 3. The molecule has 0 aliphatic carbocycles. The largest absolute Gasteiger partial charge is 0.497 e. The van der Waals surface area contributed by atoms with Gasteiger partial charge in [-0.15, -0.1) is 0 Å². The van der Waals surface area contributed by atoms with Gasteiger partial charge in [0.15, 0.2) is 11.4 Å². The van der Waals surface area contributed by atoms with E-state index in [1.165, 1.54) is 25.3 Å². The maximum atomic E-state index is 14.0. The average molecular weight is 763 g/mol. The van der Waals surface area contributed by atoms with Gasteiger partial charge in [0, 0.05) is 25.2 Å². The molecule has 1 aliphatic heterocycles. The molecule has 1 atom stereocenters. The van der Waals surface area contributed by atoms with E-state index in [9.17, 15) is 35.2 Å². The van der Waals surface area contributed by atoms with Gasteiger partial charge in [0.25, 0.3) is 12.0 Å². The minimum absolute atomic E-state index is 0.0169. The lowest BCUT2D eigenvalue weighted by molar-refractivity contribution is 0.141. The molecule has 3 aromatic carbocycles. The number of methoxy groups -OCH3 is 1. The Morgan fingerprint density at radius 2 is 1.67 bits per heavy atom. The van der Waals surface area contributed by atoms with Crippen molar-refractivity contribution in [2.45, 2.75) is 30.4 Å². The van der Waals surface area contributed by atoms with Crippen molar-refractivity contribution < 1.29 is 39.8 Å². The molecular weight excluding hydrogens is 735 g/mol. The van der Waals surface area contributed by atoms with Crippen LogP contribution >= 0.6 is 23.2 Å². The van der Waals surface area contributed by atoms with Crippen molar-refractivity contribution >= 4 is 43.2 Å². The highest BCUT2D eigenvalue weighted by Crippen LogP contribution is 2.40. The molecule has 2 N–H and O–H groups in total. The predicted octanol–water partition coefficient (Wildman–Crippen LogP) is 3.86.